The van der Waals surface area contributed by atoms with Crippen LogP contribution in [0.5, 0.6) is 0 Å². The first-order valence-corrected chi connectivity index (χ1v) is 4.03. The molecule has 0 amide bonds. The average Bonchev–Trinajstić information content (AvgIpc) is 2.49. The van der Waals surface area contributed by atoms with E-state index < -0.39 is 0 Å². The van der Waals surface area contributed by atoms with E-state index in [1.807, 2.05) is 18.2 Å². The van der Waals surface area contributed by atoms with Crippen molar-refractivity contribution in [3.8, 4) is 0 Å². The van der Waals surface area contributed by atoms with Crippen LogP contribution in [-0.2, 0) is 0 Å². The zero-order valence-electron chi connectivity index (χ0n) is 6.61. The van der Waals surface area contributed by atoms with Gasteiger partial charge >= 0.3 is 0 Å². The van der Waals surface area contributed by atoms with E-state index in [0.717, 1.165) is 16.7 Å². The maximum Gasteiger partial charge on any atom is 0.168 e. The fraction of sp³-hybridized carbons (Fsp3) is 0. The van der Waals surface area contributed by atoms with Gasteiger partial charge in [0.15, 0.2) is 5.11 Å². The Balaban J connectivity index is 2.42. The number of anilines is 1. The van der Waals surface area contributed by atoms with Crippen molar-refractivity contribution in [3.05, 3.63) is 18.2 Å². The van der Waals surface area contributed by atoms with Crippen LogP contribution in [0.25, 0.3) is 11.0 Å². The summed E-state index contributed by atoms with van der Waals surface area (Å²) < 4.78 is 0. The summed E-state index contributed by atoms with van der Waals surface area (Å²) >= 11 is 4.70. The number of H-pyrrole nitrogens is 1. The van der Waals surface area contributed by atoms with E-state index >= 15 is 0 Å². The monoisotopic (exact) mass is 193 g/mol. The molecule has 2 rings (SSSR count). The molecule has 0 aliphatic heterocycles. The van der Waals surface area contributed by atoms with Crippen molar-refractivity contribution in [2.24, 2.45) is 5.73 Å². The van der Waals surface area contributed by atoms with Crippen molar-refractivity contribution in [3.63, 3.8) is 0 Å². The van der Waals surface area contributed by atoms with E-state index in [0.29, 0.717) is 0 Å². The van der Waals surface area contributed by atoms with Crippen LogP contribution < -0.4 is 11.1 Å². The third-order valence-electron chi connectivity index (χ3n) is 1.58. The minimum absolute atomic E-state index is 0.239. The van der Waals surface area contributed by atoms with E-state index in [-0.39, 0.29) is 5.11 Å². The number of rotatable bonds is 1. The third-order valence-corrected chi connectivity index (χ3v) is 1.69. The topological polar surface area (TPSA) is 79.6 Å². The molecule has 66 valence electrons. The molecule has 2 aromatic rings. The van der Waals surface area contributed by atoms with Crippen molar-refractivity contribution in [2.75, 3.05) is 5.32 Å². The van der Waals surface area contributed by atoms with Gasteiger partial charge in [0, 0.05) is 5.69 Å². The predicted octanol–water partition coefficient (Wildman–Crippen LogP) is 0.613. The fourth-order valence-electron chi connectivity index (χ4n) is 1.06. The van der Waals surface area contributed by atoms with Crippen molar-refractivity contribution < 1.29 is 0 Å². The van der Waals surface area contributed by atoms with Crippen LogP contribution in [-0.4, -0.2) is 20.5 Å². The SMILES string of the molecule is NC(=S)Nc1ccc2n[nH]nc2c1. The van der Waals surface area contributed by atoms with Gasteiger partial charge in [-0.1, -0.05) is 0 Å². The molecule has 1 aromatic heterocycles. The van der Waals surface area contributed by atoms with Gasteiger partial charge in [0.25, 0.3) is 0 Å². The molecule has 0 fully saturated rings. The molecule has 0 atom stereocenters. The number of hydrogen-bond donors (Lipinski definition) is 3. The zero-order valence-corrected chi connectivity index (χ0v) is 7.43. The Morgan fingerprint density at radius 2 is 2.15 bits per heavy atom. The van der Waals surface area contributed by atoms with Crippen molar-refractivity contribution in [2.45, 2.75) is 0 Å². The van der Waals surface area contributed by atoms with E-state index in [4.69, 9.17) is 18.0 Å². The number of hydrogen-bond acceptors (Lipinski definition) is 3. The van der Waals surface area contributed by atoms with Gasteiger partial charge in [-0.15, -0.1) is 0 Å². The summed E-state index contributed by atoms with van der Waals surface area (Å²) in [4.78, 5) is 0. The summed E-state index contributed by atoms with van der Waals surface area (Å²) in [7, 11) is 0. The van der Waals surface area contributed by atoms with E-state index in [1.54, 1.807) is 0 Å². The number of thiocarbonyl (C=S) groups is 1. The minimum atomic E-state index is 0.239. The number of nitrogens with zero attached hydrogens (tertiary/aromatic N) is 2. The second-order valence-corrected chi connectivity index (χ2v) is 2.96. The number of benzene rings is 1. The van der Waals surface area contributed by atoms with Crippen LogP contribution in [0, 0.1) is 0 Å². The lowest BCUT2D eigenvalue weighted by atomic mass is 10.3. The van der Waals surface area contributed by atoms with Crippen LogP contribution in [0.4, 0.5) is 5.69 Å². The number of fused-ring (bicyclic) bond motifs is 1. The Morgan fingerprint density at radius 1 is 1.38 bits per heavy atom. The number of aromatic nitrogens is 3. The predicted molar refractivity (Wildman–Crippen MR) is 54.3 cm³/mol. The molecule has 0 bridgehead atoms. The molecule has 0 aliphatic carbocycles. The molecule has 0 saturated carbocycles. The summed E-state index contributed by atoms with van der Waals surface area (Å²) in [5.74, 6) is 0. The van der Waals surface area contributed by atoms with Crippen LogP contribution >= 0.6 is 12.2 Å². The number of nitrogens with one attached hydrogen (secondary N) is 2. The van der Waals surface area contributed by atoms with Crippen molar-refractivity contribution >= 4 is 34.1 Å². The number of aromatic amines is 1. The normalized spacial score (nSPS) is 10.2. The smallest absolute Gasteiger partial charge is 0.168 e. The molecular formula is C7H7N5S. The molecule has 0 spiro atoms. The van der Waals surface area contributed by atoms with E-state index in [9.17, 15) is 0 Å². The molecule has 5 nitrogen and oxygen atoms in total. The maximum absolute atomic E-state index is 5.32. The molecular weight excluding hydrogens is 186 g/mol. The summed E-state index contributed by atoms with van der Waals surface area (Å²) in [6.45, 7) is 0. The average molecular weight is 193 g/mol. The molecule has 0 saturated heterocycles. The van der Waals surface area contributed by atoms with Gasteiger partial charge in [0.1, 0.15) is 11.0 Å². The minimum Gasteiger partial charge on any atom is -0.376 e. The second-order valence-electron chi connectivity index (χ2n) is 2.52. The summed E-state index contributed by atoms with van der Waals surface area (Å²) in [6.07, 6.45) is 0. The highest BCUT2D eigenvalue weighted by Gasteiger charge is 1.99. The second kappa shape index (κ2) is 2.98. The van der Waals surface area contributed by atoms with Gasteiger partial charge in [-0.3, -0.25) is 0 Å². The maximum atomic E-state index is 5.32. The Morgan fingerprint density at radius 3 is 2.92 bits per heavy atom. The first kappa shape index (κ1) is 7.93. The Bertz CT molecular complexity index is 449. The molecule has 0 unspecified atom stereocenters. The molecule has 0 aliphatic rings. The van der Waals surface area contributed by atoms with Gasteiger partial charge in [-0.25, -0.2) is 0 Å². The van der Waals surface area contributed by atoms with Gasteiger partial charge in [0.05, 0.1) is 0 Å². The van der Waals surface area contributed by atoms with Crippen LogP contribution in [0.15, 0.2) is 18.2 Å². The molecule has 4 N–H and O–H groups in total. The van der Waals surface area contributed by atoms with E-state index in [2.05, 4.69) is 20.7 Å². The van der Waals surface area contributed by atoms with Crippen molar-refractivity contribution in [1.82, 2.24) is 15.4 Å². The lowest BCUT2D eigenvalue weighted by Crippen LogP contribution is -2.18. The summed E-state index contributed by atoms with van der Waals surface area (Å²) in [5, 5.41) is 13.4. The summed E-state index contributed by atoms with van der Waals surface area (Å²) in [6, 6.07) is 5.49. The first-order chi connectivity index (χ1) is 6.25. The van der Waals surface area contributed by atoms with Crippen LogP contribution in [0.1, 0.15) is 0 Å². The third kappa shape index (κ3) is 1.57. The van der Waals surface area contributed by atoms with Gasteiger partial charge in [0.2, 0.25) is 0 Å². The molecule has 13 heavy (non-hydrogen) atoms. The molecule has 1 heterocycles. The zero-order chi connectivity index (χ0) is 9.26. The number of nitrogens with two attached hydrogens (primary N) is 1. The highest BCUT2D eigenvalue weighted by Crippen LogP contribution is 2.14. The highest BCUT2D eigenvalue weighted by molar-refractivity contribution is 7.80. The van der Waals surface area contributed by atoms with E-state index in [1.165, 1.54) is 0 Å². The van der Waals surface area contributed by atoms with Crippen LogP contribution in [0.3, 0.4) is 0 Å². The van der Waals surface area contributed by atoms with Gasteiger partial charge in [-0.05, 0) is 30.4 Å². The molecule has 6 heteroatoms. The summed E-state index contributed by atoms with van der Waals surface area (Å²) in [5.41, 5.74) is 7.73. The van der Waals surface area contributed by atoms with Crippen LogP contribution in [0.2, 0.25) is 0 Å². The van der Waals surface area contributed by atoms with Gasteiger partial charge < -0.3 is 11.1 Å². The lowest BCUT2D eigenvalue weighted by Gasteiger charge is -2.01. The van der Waals surface area contributed by atoms with Crippen molar-refractivity contribution in [1.29, 1.82) is 0 Å². The molecule has 0 radical (unpaired) electrons. The first-order valence-electron chi connectivity index (χ1n) is 3.63. The van der Waals surface area contributed by atoms with Gasteiger partial charge in [-0.2, -0.15) is 15.4 Å². The highest BCUT2D eigenvalue weighted by atomic mass is 32.1. The lowest BCUT2D eigenvalue weighted by molar-refractivity contribution is 0.959. The molecule has 1 aromatic carbocycles. The standard InChI is InChI=1S/C7H7N5S/c8-7(13)9-4-1-2-5-6(3-4)11-12-10-5/h1-3H,(H3,8,9,13)(H,10,11,12). The Hall–Kier alpha value is -1.69. The Labute approximate surface area is 79.3 Å². The Kier molecular flexibility index (Phi) is 1.82. The largest absolute Gasteiger partial charge is 0.376 e. The quantitative estimate of drug-likeness (QED) is 0.578. The fourth-order valence-corrected chi connectivity index (χ4v) is 1.18.